The Morgan fingerprint density at radius 2 is 1.70 bits per heavy atom. The lowest BCUT2D eigenvalue weighted by Crippen LogP contribution is -2.25. The Hall–Kier alpha value is -4.31. The number of hydrogen-bond acceptors (Lipinski definition) is 6. The summed E-state index contributed by atoms with van der Waals surface area (Å²) >= 11 is 1.91. The van der Waals surface area contributed by atoms with Gasteiger partial charge in [-0.05, 0) is 103 Å². The summed E-state index contributed by atoms with van der Waals surface area (Å²) in [7, 11) is 0. The molecule has 1 fully saturated rings. The van der Waals surface area contributed by atoms with Crippen LogP contribution < -0.4 is 16.2 Å². The molecule has 1 aromatic heterocycles. The standard InChI is InChI=1S/C31H42N2.C17H21NO2S/c1-9-14-17-27(30(25(8)33-13-5)31(32)24(7)11-3)21-20-26(12-4)22-28-18-15-16-19-29(28)23(6)10-2;1-12-8-9-15(19-12)10-21-11-16-13(2)18-20-17(16)14-6-4-3-5-7-14/h12-13,15-19,22H,9-11,14,32H2,1-8H3;3-7,12,15H,8-11H2,1-2H3/b26-12-,27-17-,28-22-,29-23+,30-25-,31-24-,33-13?;. The summed E-state index contributed by atoms with van der Waals surface area (Å²) in [4.78, 5) is 4.55. The minimum absolute atomic E-state index is 0.408. The van der Waals surface area contributed by atoms with Crippen LogP contribution in [-0.2, 0) is 10.5 Å². The van der Waals surface area contributed by atoms with Gasteiger partial charge in [-0.1, -0.05) is 117 Å². The van der Waals surface area contributed by atoms with E-state index in [1.54, 1.807) is 0 Å². The van der Waals surface area contributed by atoms with Gasteiger partial charge in [-0.2, -0.15) is 11.8 Å². The number of nitrogens with zero attached hydrogens (tertiary/aromatic N) is 2. The fourth-order valence-corrected chi connectivity index (χ4v) is 7.25. The Kier molecular flexibility index (Phi) is 19.2. The van der Waals surface area contributed by atoms with Crippen molar-refractivity contribution in [2.24, 2.45) is 10.7 Å². The van der Waals surface area contributed by atoms with Crippen LogP contribution in [0.4, 0.5) is 0 Å². The van der Waals surface area contributed by atoms with Crippen LogP contribution in [0.3, 0.4) is 0 Å². The van der Waals surface area contributed by atoms with E-state index in [0.717, 1.165) is 87.9 Å². The van der Waals surface area contributed by atoms with Crippen molar-refractivity contribution in [2.75, 3.05) is 5.75 Å². The van der Waals surface area contributed by atoms with Gasteiger partial charge < -0.3 is 15.0 Å². The number of hydrogen-bond donors (Lipinski definition) is 1. The van der Waals surface area contributed by atoms with Crippen LogP contribution in [-0.4, -0.2) is 29.3 Å². The Morgan fingerprint density at radius 3 is 2.33 bits per heavy atom. The first-order valence-electron chi connectivity index (χ1n) is 19.6. The molecule has 5 nitrogen and oxygen atoms in total. The number of unbranched alkanes of at least 4 members (excludes halogenated alkanes) is 1. The van der Waals surface area contributed by atoms with Crippen LogP contribution in [0.2, 0.25) is 0 Å². The van der Waals surface area contributed by atoms with E-state index >= 15 is 0 Å². The van der Waals surface area contributed by atoms with Crippen molar-refractivity contribution in [1.82, 2.24) is 5.16 Å². The van der Waals surface area contributed by atoms with Gasteiger partial charge >= 0.3 is 0 Å². The van der Waals surface area contributed by atoms with E-state index in [1.807, 2.05) is 63.9 Å². The lowest BCUT2D eigenvalue weighted by atomic mass is 9.95. The third-order valence-corrected chi connectivity index (χ3v) is 10.8. The van der Waals surface area contributed by atoms with Gasteiger partial charge in [0.1, 0.15) is 0 Å². The zero-order chi connectivity index (χ0) is 39.5. The number of aliphatic imine (C=N–C) groups is 1. The lowest BCUT2D eigenvalue weighted by Gasteiger charge is -2.14. The van der Waals surface area contributed by atoms with Crippen molar-refractivity contribution < 1.29 is 9.26 Å². The fraction of sp³-hybridized carbons (Fsp3) is 0.417. The van der Waals surface area contributed by atoms with Crippen molar-refractivity contribution in [1.29, 1.82) is 0 Å². The molecule has 2 N–H and O–H groups in total. The Labute approximate surface area is 330 Å². The van der Waals surface area contributed by atoms with E-state index in [2.05, 4.69) is 118 Å². The van der Waals surface area contributed by atoms with Crippen LogP contribution in [0.1, 0.15) is 112 Å². The maximum atomic E-state index is 6.62. The lowest BCUT2D eigenvalue weighted by molar-refractivity contribution is 0.0700. The summed E-state index contributed by atoms with van der Waals surface area (Å²) in [5.41, 5.74) is 17.0. The van der Waals surface area contributed by atoms with E-state index in [4.69, 9.17) is 15.0 Å². The molecule has 0 aliphatic carbocycles. The number of nitrogens with two attached hydrogens (primary N) is 1. The molecular weight excluding hydrogens is 683 g/mol. The Morgan fingerprint density at radius 1 is 0.981 bits per heavy atom. The Bertz CT molecular complexity index is 2000. The number of aromatic nitrogens is 1. The molecule has 1 aliphatic heterocycles. The summed E-state index contributed by atoms with van der Waals surface area (Å²) in [6, 6.07) is 18.7. The highest BCUT2D eigenvalue weighted by atomic mass is 32.2. The average Bonchev–Trinajstić information content (AvgIpc) is 3.78. The van der Waals surface area contributed by atoms with Crippen LogP contribution in [0.25, 0.3) is 23.0 Å². The maximum Gasteiger partial charge on any atom is 0.171 e. The van der Waals surface area contributed by atoms with Crippen LogP contribution in [0.5, 0.6) is 0 Å². The van der Waals surface area contributed by atoms with Gasteiger partial charge in [-0.3, -0.25) is 4.99 Å². The molecule has 0 amide bonds. The third-order valence-electron chi connectivity index (χ3n) is 9.66. The third kappa shape index (κ3) is 13.2. The van der Waals surface area contributed by atoms with E-state index in [1.165, 1.54) is 34.4 Å². The minimum atomic E-state index is 0.408. The normalized spacial score (nSPS) is 18.1. The van der Waals surface area contributed by atoms with Gasteiger partial charge in [0.05, 0.1) is 17.9 Å². The van der Waals surface area contributed by atoms with Gasteiger partial charge in [0, 0.05) is 57.0 Å². The molecule has 3 aromatic rings. The van der Waals surface area contributed by atoms with E-state index in [9.17, 15) is 0 Å². The van der Waals surface area contributed by atoms with E-state index < -0.39 is 0 Å². The van der Waals surface area contributed by atoms with Crippen LogP contribution >= 0.6 is 11.8 Å². The van der Waals surface area contributed by atoms with Crippen LogP contribution in [0, 0.1) is 18.8 Å². The van der Waals surface area contributed by atoms with Gasteiger partial charge in [-0.15, -0.1) is 0 Å². The maximum absolute atomic E-state index is 6.62. The van der Waals surface area contributed by atoms with Crippen LogP contribution in [0.15, 0.2) is 110 Å². The molecule has 4 rings (SSSR count). The van der Waals surface area contributed by atoms with Crippen molar-refractivity contribution in [3.8, 4) is 23.2 Å². The molecular formula is C48H63N3O2S. The second-order valence-corrected chi connectivity index (χ2v) is 14.8. The second kappa shape index (κ2) is 23.5. The predicted molar refractivity (Wildman–Crippen MR) is 235 cm³/mol. The molecule has 0 saturated carbocycles. The van der Waals surface area contributed by atoms with Gasteiger partial charge in [0.15, 0.2) is 5.76 Å². The molecule has 0 bridgehead atoms. The van der Waals surface area contributed by atoms with E-state index in [-0.39, 0.29) is 0 Å². The zero-order valence-electron chi connectivity index (χ0n) is 34.5. The van der Waals surface area contributed by atoms with Gasteiger partial charge in [0.25, 0.3) is 0 Å². The molecule has 288 valence electrons. The first-order chi connectivity index (χ1) is 26.1. The molecule has 2 unspecified atom stereocenters. The first-order valence-corrected chi connectivity index (χ1v) is 20.8. The topological polar surface area (TPSA) is 73.6 Å². The summed E-state index contributed by atoms with van der Waals surface area (Å²) in [5.74, 6) is 9.73. The van der Waals surface area contributed by atoms with Crippen molar-refractivity contribution in [2.45, 2.75) is 126 Å². The summed E-state index contributed by atoms with van der Waals surface area (Å²) in [6.07, 6.45) is 15.4. The molecule has 6 heteroatoms. The second-order valence-electron chi connectivity index (χ2n) is 13.8. The van der Waals surface area contributed by atoms with Gasteiger partial charge in [0.2, 0.25) is 0 Å². The SMILES string of the molecule is CC=N/C(C)=C(C(/C#CC(/C=c1/cccc/c1=C(/C)CC)=C/C)=C\CCC)\C(N)=C(/C)CC.Cc1noc(-c2ccccc2)c1CSCC1CCC(C)O1. The zero-order valence-corrected chi connectivity index (χ0v) is 35.3. The molecule has 1 saturated heterocycles. The molecule has 1 aliphatic rings. The molecule has 54 heavy (non-hydrogen) atoms. The molecule has 2 aromatic carbocycles. The highest BCUT2D eigenvalue weighted by Gasteiger charge is 2.22. The van der Waals surface area contributed by atoms with Crippen molar-refractivity contribution in [3.05, 3.63) is 122 Å². The first kappa shape index (κ1) is 44.1. The van der Waals surface area contributed by atoms with E-state index in [0.29, 0.717) is 12.2 Å². The molecule has 2 heterocycles. The molecule has 0 radical (unpaired) electrons. The summed E-state index contributed by atoms with van der Waals surface area (Å²) in [5, 5.41) is 6.61. The Balaban J connectivity index is 0.000000318. The monoisotopic (exact) mass is 745 g/mol. The van der Waals surface area contributed by atoms with Gasteiger partial charge in [-0.25, -0.2) is 0 Å². The molecule has 0 spiro atoms. The predicted octanol–water partition coefficient (Wildman–Crippen LogP) is 11.2. The molecule has 2 atom stereocenters. The number of rotatable bonds is 13. The quantitative estimate of drug-likeness (QED) is 0.107. The van der Waals surface area contributed by atoms with Crippen molar-refractivity contribution >= 4 is 29.6 Å². The number of aryl methyl sites for hydroxylation is 1. The largest absolute Gasteiger partial charge is 0.398 e. The highest BCUT2D eigenvalue weighted by molar-refractivity contribution is 7.98. The fourth-order valence-electron chi connectivity index (χ4n) is 6.08. The summed E-state index contributed by atoms with van der Waals surface area (Å²) < 4.78 is 11.4. The number of thioether (sulfide) groups is 1. The summed E-state index contributed by atoms with van der Waals surface area (Å²) in [6.45, 7) is 20.9. The highest BCUT2D eigenvalue weighted by Crippen LogP contribution is 2.31. The number of ether oxygens (including phenoxy) is 1. The number of allylic oxidation sites excluding steroid dienone is 6. The van der Waals surface area contributed by atoms with Crippen molar-refractivity contribution in [3.63, 3.8) is 0 Å². The minimum Gasteiger partial charge on any atom is -0.398 e. The average molecular weight is 746 g/mol. The number of benzene rings is 2. The smallest absolute Gasteiger partial charge is 0.171 e.